The molecule has 0 heterocycles. The second-order valence-corrected chi connectivity index (χ2v) is 6.20. The lowest BCUT2D eigenvalue weighted by molar-refractivity contribution is 0.0696. The first kappa shape index (κ1) is 14.4. The van der Waals surface area contributed by atoms with Crippen molar-refractivity contribution < 1.29 is 14.1 Å². The fourth-order valence-corrected chi connectivity index (χ4v) is 2.71. The Morgan fingerprint density at radius 2 is 2.17 bits per heavy atom. The average molecular weight is 265 g/mol. The van der Waals surface area contributed by atoms with Gasteiger partial charge in [-0.1, -0.05) is 6.07 Å². The van der Waals surface area contributed by atoms with Crippen molar-refractivity contribution in [2.24, 2.45) is 5.41 Å². The standard InChI is InChI=1S/C13H15NO3S/c1-13(2,9-14)6-7-18(17)11-5-3-4-10(8-11)12(15)16/h3-5,8H,6-7H2,1-2H3,(H,15,16). The van der Waals surface area contributed by atoms with Crippen molar-refractivity contribution in [3.63, 3.8) is 0 Å². The van der Waals surface area contributed by atoms with E-state index in [1.807, 2.05) is 0 Å². The number of carboxylic acids is 1. The lowest BCUT2D eigenvalue weighted by atomic mass is 9.93. The van der Waals surface area contributed by atoms with Crippen LogP contribution in [0.5, 0.6) is 0 Å². The molecule has 4 nitrogen and oxygen atoms in total. The molecule has 0 aliphatic carbocycles. The molecule has 0 fully saturated rings. The van der Waals surface area contributed by atoms with E-state index in [2.05, 4.69) is 6.07 Å². The Morgan fingerprint density at radius 1 is 1.50 bits per heavy atom. The van der Waals surface area contributed by atoms with E-state index >= 15 is 0 Å². The van der Waals surface area contributed by atoms with Crippen molar-refractivity contribution in [1.82, 2.24) is 0 Å². The zero-order valence-corrected chi connectivity index (χ0v) is 11.2. The molecule has 1 atom stereocenters. The van der Waals surface area contributed by atoms with Crippen LogP contribution in [-0.4, -0.2) is 21.0 Å². The maximum atomic E-state index is 12.0. The number of hydrogen-bond donors (Lipinski definition) is 1. The van der Waals surface area contributed by atoms with Crippen molar-refractivity contribution in [1.29, 1.82) is 5.26 Å². The summed E-state index contributed by atoms with van der Waals surface area (Å²) in [5, 5.41) is 17.7. The Labute approximate surface area is 109 Å². The molecule has 0 aliphatic rings. The van der Waals surface area contributed by atoms with E-state index in [0.717, 1.165) is 0 Å². The summed E-state index contributed by atoms with van der Waals surface area (Å²) in [4.78, 5) is 11.3. The number of hydrogen-bond acceptors (Lipinski definition) is 3. The Balaban J connectivity index is 2.77. The summed E-state index contributed by atoms with van der Waals surface area (Å²) < 4.78 is 12.0. The second kappa shape index (κ2) is 5.78. The van der Waals surface area contributed by atoms with Crippen LogP contribution in [0.2, 0.25) is 0 Å². The van der Waals surface area contributed by atoms with E-state index in [0.29, 0.717) is 17.1 Å². The van der Waals surface area contributed by atoms with Gasteiger partial charge in [0.05, 0.1) is 27.8 Å². The molecule has 18 heavy (non-hydrogen) atoms. The molecule has 1 aromatic carbocycles. The molecule has 1 rings (SSSR count). The largest absolute Gasteiger partial charge is 0.478 e. The maximum absolute atomic E-state index is 12.0. The van der Waals surface area contributed by atoms with Gasteiger partial charge in [0.1, 0.15) is 0 Å². The zero-order valence-electron chi connectivity index (χ0n) is 10.3. The summed E-state index contributed by atoms with van der Waals surface area (Å²) >= 11 is 0. The molecule has 1 N–H and O–H groups in total. The first-order valence-corrected chi connectivity index (χ1v) is 6.80. The van der Waals surface area contributed by atoms with Gasteiger partial charge in [0.25, 0.3) is 0 Å². The molecule has 0 radical (unpaired) electrons. The Kier molecular flexibility index (Phi) is 4.62. The third-order valence-corrected chi connectivity index (χ3v) is 3.91. The van der Waals surface area contributed by atoms with Crippen molar-refractivity contribution in [2.75, 3.05) is 5.75 Å². The number of carbonyl (C=O) groups is 1. The van der Waals surface area contributed by atoms with Crippen LogP contribution in [0.4, 0.5) is 0 Å². The Morgan fingerprint density at radius 3 is 2.72 bits per heavy atom. The van der Waals surface area contributed by atoms with Gasteiger partial charge in [0.15, 0.2) is 0 Å². The van der Waals surface area contributed by atoms with Gasteiger partial charge in [-0.3, -0.25) is 4.21 Å². The molecule has 96 valence electrons. The summed E-state index contributed by atoms with van der Waals surface area (Å²) in [5.74, 6) is -0.685. The molecule has 0 spiro atoms. The first-order valence-electron chi connectivity index (χ1n) is 5.49. The van der Waals surface area contributed by atoms with E-state index < -0.39 is 22.2 Å². The highest BCUT2D eigenvalue weighted by atomic mass is 32.2. The third-order valence-electron chi connectivity index (χ3n) is 2.56. The van der Waals surface area contributed by atoms with Crippen LogP contribution in [0.15, 0.2) is 29.2 Å². The summed E-state index contributed by atoms with van der Waals surface area (Å²) in [5.41, 5.74) is -0.388. The van der Waals surface area contributed by atoms with Gasteiger partial charge in [-0.25, -0.2) is 4.79 Å². The van der Waals surface area contributed by atoms with E-state index in [1.54, 1.807) is 26.0 Å². The quantitative estimate of drug-likeness (QED) is 0.886. The molecule has 0 amide bonds. The van der Waals surface area contributed by atoms with Crippen LogP contribution in [0.3, 0.4) is 0 Å². The van der Waals surface area contributed by atoms with Gasteiger partial charge in [-0.2, -0.15) is 5.26 Å². The minimum atomic E-state index is -1.27. The van der Waals surface area contributed by atoms with E-state index in [4.69, 9.17) is 10.4 Å². The van der Waals surface area contributed by atoms with Crippen LogP contribution < -0.4 is 0 Å². The van der Waals surface area contributed by atoms with Gasteiger partial charge in [-0.05, 0) is 38.5 Å². The SMILES string of the molecule is CC(C)(C#N)CCS(=O)c1cccc(C(=O)O)c1. The molecular formula is C13H15NO3S. The lowest BCUT2D eigenvalue weighted by Crippen LogP contribution is -2.13. The van der Waals surface area contributed by atoms with Gasteiger partial charge < -0.3 is 5.11 Å². The predicted molar refractivity (Wildman–Crippen MR) is 68.7 cm³/mol. The molecular weight excluding hydrogens is 250 g/mol. The van der Waals surface area contributed by atoms with Crippen LogP contribution >= 0.6 is 0 Å². The first-order chi connectivity index (χ1) is 8.35. The minimum absolute atomic E-state index is 0.125. The minimum Gasteiger partial charge on any atom is -0.478 e. The van der Waals surface area contributed by atoms with E-state index in [1.165, 1.54) is 12.1 Å². The highest BCUT2D eigenvalue weighted by Crippen LogP contribution is 2.20. The molecule has 0 aliphatic heterocycles. The van der Waals surface area contributed by atoms with Gasteiger partial charge in [0, 0.05) is 10.6 Å². The second-order valence-electron chi connectivity index (χ2n) is 4.63. The number of carboxylic acid groups (broad SMARTS) is 1. The molecule has 0 aromatic heterocycles. The van der Waals surface area contributed by atoms with Crippen LogP contribution in [0.1, 0.15) is 30.6 Å². The number of nitriles is 1. The highest BCUT2D eigenvalue weighted by Gasteiger charge is 2.18. The van der Waals surface area contributed by atoms with Gasteiger partial charge >= 0.3 is 5.97 Å². The number of aromatic carboxylic acids is 1. The van der Waals surface area contributed by atoms with Crippen molar-refractivity contribution in [3.8, 4) is 6.07 Å². The summed E-state index contributed by atoms with van der Waals surface area (Å²) in [7, 11) is -1.27. The summed E-state index contributed by atoms with van der Waals surface area (Å²) in [6, 6.07) is 8.24. The van der Waals surface area contributed by atoms with Crippen molar-refractivity contribution >= 4 is 16.8 Å². The summed E-state index contributed by atoms with van der Waals surface area (Å²) in [6.07, 6.45) is 0.507. The summed E-state index contributed by atoms with van der Waals surface area (Å²) in [6.45, 7) is 3.58. The number of benzene rings is 1. The number of rotatable bonds is 5. The van der Waals surface area contributed by atoms with Crippen LogP contribution in [0.25, 0.3) is 0 Å². The molecule has 0 bridgehead atoms. The lowest BCUT2D eigenvalue weighted by Gasteiger charge is -2.14. The van der Waals surface area contributed by atoms with Crippen LogP contribution in [-0.2, 0) is 10.8 Å². The van der Waals surface area contributed by atoms with E-state index in [9.17, 15) is 9.00 Å². The normalized spacial score (nSPS) is 12.7. The van der Waals surface area contributed by atoms with Crippen LogP contribution in [0, 0.1) is 16.7 Å². The van der Waals surface area contributed by atoms with E-state index in [-0.39, 0.29) is 5.56 Å². The highest BCUT2D eigenvalue weighted by molar-refractivity contribution is 7.85. The molecule has 0 saturated heterocycles. The average Bonchev–Trinajstić information content (AvgIpc) is 2.36. The predicted octanol–water partition coefficient (Wildman–Crippen LogP) is 2.43. The fraction of sp³-hybridized carbons (Fsp3) is 0.385. The molecule has 0 saturated carbocycles. The van der Waals surface area contributed by atoms with Crippen molar-refractivity contribution in [2.45, 2.75) is 25.2 Å². The molecule has 1 aromatic rings. The van der Waals surface area contributed by atoms with Gasteiger partial charge in [-0.15, -0.1) is 0 Å². The smallest absolute Gasteiger partial charge is 0.335 e. The van der Waals surface area contributed by atoms with Gasteiger partial charge in [0.2, 0.25) is 0 Å². The zero-order chi connectivity index (χ0) is 13.8. The molecule has 5 heteroatoms. The Bertz CT molecular complexity index is 517. The fourth-order valence-electron chi connectivity index (χ4n) is 1.29. The monoisotopic (exact) mass is 265 g/mol. The van der Waals surface area contributed by atoms with Crippen molar-refractivity contribution in [3.05, 3.63) is 29.8 Å². The topological polar surface area (TPSA) is 78.2 Å². The molecule has 1 unspecified atom stereocenters. The maximum Gasteiger partial charge on any atom is 0.335 e. The third kappa shape index (κ3) is 3.97. The Hall–Kier alpha value is -1.67. The number of nitrogens with zero attached hydrogens (tertiary/aromatic N) is 1.